The summed E-state index contributed by atoms with van der Waals surface area (Å²) >= 11 is 4.48. The van der Waals surface area contributed by atoms with E-state index >= 15 is 0 Å². The lowest BCUT2D eigenvalue weighted by Gasteiger charge is -2.21. The van der Waals surface area contributed by atoms with Crippen molar-refractivity contribution in [2.45, 2.75) is 25.8 Å². The second-order valence-electron chi connectivity index (χ2n) is 7.19. The van der Waals surface area contributed by atoms with Crippen LogP contribution in [0.25, 0.3) is 6.08 Å². The van der Waals surface area contributed by atoms with Crippen molar-refractivity contribution in [3.8, 4) is 6.07 Å². The Morgan fingerprint density at radius 1 is 1.38 bits per heavy atom. The molecule has 164 valence electrons. The number of carbonyl (C=O) groups is 2. The zero-order valence-corrected chi connectivity index (χ0v) is 19.4. The molecule has 2 N–H and O–H groups in total. The van der Waals surface area contributed by atoms with Crippen LogP contribution in [-0.4, -0.2) is 23.6 Å². The van der Waals surface area contributed by atoms with Gasteiger partial charge < -0.3 is 15.4 Å². The minimum absolute atomic E-state index is 0.181. The summed E-state index contributed by atoms with van der Waals surface area (Å²) in [5.74, 6) is -0.0802. The molecule has 0 aromatic carbocycles. The van der Waals surface area contributed by atoms with E-state index in [0.717, 1.165) is 40.3 Å². The Bertz CT molecular complexity index is 1140. The van der Waals surface area contributed by atoms with Crippen LogP contribution in [0.2, 0.25) is 0 Å². The number of nitrogens with one attached hydrogen (secondary N) is 2. The van der Waals surface area contributed by atoms with Crippen LogP contribution in [0.4, 0.5) is 9.80 Å². The zero-order valence-electron chi connectivity index (χ0n) is 17.0. The van der Waals surface area contributed by atoms with Gasteiger partial charge in [-0.25, -0.2) is 9.78 Å². The van der Waals surface area contributed by atoms with Crippen LogP contribution in [-0.2, 0) is 28.9 Å². The van der Waals surface area contributed by atoms with Crippen molar-refractivity contribution in [2.75, 3.05) is 11.9 Å². The maximum absolute atomic E-state index is 12.3. The number of ether oxygens (including phenoxy) is 1. The van der Waals surface area contributed by atoms with Crippen molar-refractivity contribution in [1.29, 1.82) is 5.26 Å². The van der Waals surface area contributed by atoms with Crippen LogP contribution >= 0.6 is 34.0 Å². The van der Waals surface area contributed by atoms with E-state index in [4.69, 9.17) is 4.74 Å². The molecule has 0 saturated heterocycles. The van der Waals surface area contributed by atoms with E-state index in [1.165, 1.54) is 28.7 Å². The molecule has 0 fully saturated rings. The summed E-state index contributed by atoms with van der Waals surface area (Å²) in [5.41, 5.74) is 2.51. The highest BCUT2D eigenvalue weighted by Gasteiger charge is 2.27. The third-order valence-corrected chi connectivity index (χ3v) is 7.65. The number of nitrogens with zero attached hydrogens (tertiary/aromatic N) is 2. The summed E-state index contributed by atoms with van der Waals surface area (Å²) in [4.78, 5) is 29.4. The Morgan fingerprint density at radius 3 is 3.03 bits per heavy atom. The van der Waals surface area contributed by atoms with Crippen LogP contribution in [0.5, 0.6) is 0 Å². The molecule has 0 saturated carbocycles. The number of carbonyl (C=O) groups excluding carboxylic acids is 2. The maximum atomic E-state index is 12.3. The molecule has 3 aromatic rings. The molecule has 1 unspecified atom stereocenters. The number of hydrogen-bond acceptors (Lipinski definition) is 8. The van der Waals surface area contributed by atoms with Crippen LogP contribution in [0.15, 0.2) is 34.5 Å². The average Bonchev–Trinajstić information content (AvgIpc) is 3.55. The topological polar surface area (TPSA) is 104 Å². The number of aromatic nitrogens is 1. The van der Waals surface area contributed by atoms with E-state index in [2.05, 4.69) is 21.7 Å². The lowest BCUT2D eigenvalue weighted by atomic mass is 9.88. The van der Waals surface area contributed by atoms with Crippen LogP contribution < -0.4 is 10.6 Å². The van der Waals surface area contributed by atoms with Crippen molar-refractivity contribution >= 4 is 57.1 Å². The summed E-state index contributed by atoms with van der Waals surface area (Å²) in [6.45, 7) is 0.666. The number of amides is 2. The van der Waals surface area contributed by atoms with Gasteiger partial charge >= 0.3 is 6.09 Å². The molecule has 2 amide bonds. The van der Waals surface area contributed by atoms with Gasteiger partial charge in [0.15, 0.2) is 0 Å². The zero-order chi connectivity index (χ0) is 22.3. The molecular formula is C22H20N4O3S3. The van der Waals surface area contributed by atoms with Gasteiger partial charge in [0.25, 0.3) is 0 Å². The predicted molar refractivity (Wildman–Crippen MR) is 127 cm³/mol. The summed E-state index contributed by atoms with van der Waals surface area (Å²) in [7, 11) is 0. The number of thiophene rings is 2. The summed E-state index contributed by atoms with van der Waals surface area (Å²) in [6.07, 6.45) is 6.73. The second-order valence-corrected chi connectivity index (χ2v) is 10.0. The first-order valence-electron chi connectivity index (χ1n) is 9.97. The number of alkyl carbamates (subject to hydrolysis) is 1. The van der Waals surface area contributed by atoms with Gasteiger partial charge in [-0.2, -0.15) is 16.6 Å². The van der Waals surface area contributed by atoms with Crippen molar-refractivity contribution in [3.05, 3.63) is 61.1 Å². The first kappa shape index (κ1) is 22.2. The Kier molecular flexibility index (Phi) is 7.32. The van der Waals surface area contributed by atoms with Crippen molar-refractivity contribution in [1.82, 2.24) is 10.3 Å². The molecule has 3 aromatic heterocycles. The molecular weight excluding hydrogens is 464 g/mol. The van der Waals surface area contributed by atoms with Crippen LogP contribution in [0, 0.1) is 17.2 Å². The highest BCUT2D eigenvalue weighted by Crippen LogP contribution is 2.39. The molecule has 3 heterocycles. The fraction of sp³-hybridized carbons (Fsp3) is 0.273. The summed E-state index contributed by atoms with van der Waals surface area (Å²) in [6, 6.07) is 4.18. The lowest BCUT2D eigenvalue weighted by molar-refractivity contribution is -0.111. The highest BCUT2D eigenvalue weighted by atomic mass is 32.1. The van der Waals surface area contributed by atoms with Gasteiger partial charge in [-0.15, -0.1) is 22.7 Å². The largest absolute Gasteiger partial charge is 0.449 e. The van der Waals surface area contributed by atoms with Gasteiger partial charge in [0, 0.05) is 22.5 Å². The molecule has 4 rings (SSSR count). The highest BCUT2D eigenvalue weighted by molar-refractivity contribution is 7.16. The van der Waals surface area contributed by atoms with Crippen LogP contribution in [0.3, 0.4) is 0 Å². The Balaban J connectivity index is 1.32. The lowest BCUT2D eigenvalue weighted by Crippen LogP contribution is -2.27. The second kappa shape index (κ2) is 10.5. The standard InChI is InChI=1S/C22H20N4O3S3/c23-10-17-16-3-1-15(12-29-22(28)25-11-20-24-6-8-31-20)9-18(16)32-21(17)26-19(27)4-2-14-5-7-30-13-14/h2,4-8,13,15H,1,3,9,11-12H2,(H,25,28)(H,26,27). The van der Waals surface area contributed by atoms with Crippen molar-refractivity contribution < 1.29 is 14.3 Å². The van der Waals surface area contributed by atoms with Gasteiger partial charge in [0.2, 0.25) is 5.91 Å². The molecule has 1 aliphatic carbocycles. The normalized spacial score (nSPS) is 15.2. The van der Waals surface area contributed by atoms with Gasteiger partial charge in [-0.05, 0) is 59.2 Å². The summed E-state index contributed by atoms with van der Waals surface area (Å²) < 4.78 is 5.38. The van der Waals surface area contributed by atoms with Gasteiger partial charge in [0.1, 0.15) is 16.1 Å². The number of hydrogen-bond donors (Lipinski definition) is 2. The fourth-order valence-corrected chi connectivity index (χ4v) is 5.93. The minimum atomic E-state index is -0.458. The summed E-state index contributed by atoms with van der Waals surface area (Å²) in [5, 5.41) is 22.4. The Morgan fingerprint density at radius 2 is 2.28 bits per heavy atom. The third kappa shape index (κ3) is 5.62. The quantitative estimate of drug-likeness (QED) is 0.468. The average molecular weight is 485 g/mol. The van der Waals surface area contributed by atoms with Gasteiger partial charge in [-0.3, -0.25) is 4.79 Å². The van der Waals surface area contributed by atoms with Crippen LogP contribution in [0.1, 0.15) is 33.0 Å². The molecule has 0 bridgehead atoms. The van der Waals surface area contributed by atoms with E-state index in [0.29, 0.717) is 23.7 Å². The SMILES string of the molecule is N#Cc1c(NC(=O)C=Cc2ccsc2)sc2c1CCC(COC(=O)NCc1nccs1)C2. The van der Waals surface area contributed by atoms with E-state index < -0.39 is 6.09 Å². The third-order valence-electron chi connectivity index (χ3n) is 5.00. The first-order chi connectivity index (χ1) is 15.6. The maximum Gasteiger partial charge on any atom is 0.407 e. The van der Waals surface area contributed by atoms with E-state index in [1.54, 1.807) is 23.6 Å². The monoisotopic (exact) mass is 484 g/mol. The number of anilines is 1. The van der Waals surface area contributed by atoms with E-state index in [1.807, 2.05) is 22.2 Å². The fourth-order valence-electron chi connectivity index (χ4n) is 3.43. The van der Waals surface area contributed by atoms with E-state index in [9.17, 15) is 14.9 Å². The number of thiazole rings is 1. The van der Waals surface area contributed by atoms with Gasteiger partial charge in [-0.1, -0.05) is 0 Å². The molecule has 7 nitrogen and oxygen atoms in total. The molecule has 0 spiro atoms. The molecule has 1 atom stereocenters. The Hall–Kier alpha value is -3.00. The molecule has 10 heteroatoms. The first-order valence-corrected chi connectivity index (χ1v) is 12.6. The number of rotatable bonds is 7. The minimum Gasteiger partial charge on any atom is -0.449 e. The molecule has 1 aliphatic rings. The van der Waals surface area contributed by atoms with Crippen molar-refractivity contribution in [2.24, 2.45) is 5.92 Å². The molecule has 32 heavy (non-hydrogen) atoms. The Labute approximate surface area is 197 Å². The smallest absolute Gasteiger partial charge is 0.407 e. The molecule has 0 radical (unpaired) electrons. The number of fused-ring (bicyclic) bond motifs is 1. The predicted octanol–water partition coefficient (Wildman–Crippen LogP) is 4.82. The van der Waals surface area contributed by atoms with Crippen molar-refractivity contribution in [3.63, 3.8) is 0 Å². The van der Waals surface area contributed by atoms with Gasteiger partial charge in [0.05, 0.1) is 18.7 Å². The van der Waals surface area contributed by atoms with E-state index in [-0.39, 0.29) is 11.8 Å². The number of nitriles is 1. The molecule has 0 aliphatic heterocycles.